The van der Waals surface area contributed by atoms with Gasteiger partial charge in [0.25, 0.3) is 5.91 Å². The maximum absolute atomic E-state index is 11.8. The number of hydrogen-bond acceptors (Lipinski definition) is 3. The van der Waals surface area contributed by atoms with E-state index >= 15 is 0 Å². The summed E-state index contributed by atoms with van der Waals surface area (Å²) in [6, 6.07) is 15.1. The first-order chi connectivity index (χ1) is 10.7. The lowest BCUT2D eigenvalue weighted by Crippen LogP contribution is -2.20. The van der Waals surface area contributed by atoms with E-state index in [1.807, 2.05) is 55.5 Å². The normalized spacial score (nSPS) is 9.86. The summed E-state index contributed by atoms with van der Waals surface area (Å²) in [6.07, 6.45) is 1.79. The van der Waals surface area contributed by atoms with Crippen LogP contribution < -0.4 is 15.4 Å². The number of rotatable bonds is 7. The highest BCUT2D eigenvalue weighted by molar-refractivity contribution is 5.92. The van der Waals surface area contributed by atoms with Gasteiger partial charge < -0.3 is 15.4 Å². The number of benzene rings is 2. The Labute approximate surface area is 130 Å². The topological polar surface area (TPSA) is 50.4 Å². The Morgan fingerprint density at radius 3 is 2.36 bits per heavy atom. The number of hydrogen-bond donors (Lipinski definition) is 2. The van der Waals surface area contributed by atoms with Gasteiger partial charge in [-0.25, -0.2) is 0 Å². The van der Waals surface area contributed by atoms with Crippen molar-refractivity contribution < 1.29 is 9.53 Å². The third-order valence-corrected chi connectivity index (χ3v) is 3.01. The minimum absolute atomic E-state index is 0.0144. The van der Waals surface area contributed by atoms with Gasteiger partial charge in [0.05, 0.1) is 0 Å². The Balaban J connectivity index is 1.81. The number of anilines is 2. The minimum atomic E-state index is -0.188. The van der Waals surface area contributed by atoms with Crippen molar-refractivity contribution in [2.24, 2.45) is 0 Å². The predicted molar refractivity (Wildman–Crippen MR) is 90.4 cm³/mol. The fraction of sp³-hybridized carbons (Fsp3) is 0.167. The second-order valence-electron chi connectivity index (χ2n) is 4.90. The highest BCUT2D eigenvalue weighted by atomic mass is 16.5. The van der Waals surface area contributed by atoms with Gasteiger partial charge in [0.1, 0.15) is 5.75 Å². The van der Waals surface area contributed by atoms with E-state index in [2.05, 4.69) is 17.2 Å². The summed E-state index contributed by atoms with van der Waals surface area (Å²) in [5, 5.41) is 5.97. The molecule has 22 heavy (non-hydrogen) atoms. The number of aryl methyl sites for hydroxylation is 1. The van der Waals surface area contributed by atoms with Crippen LogP contribution in [-0.4, -0.2) is 19.1 Å². The third kappa shape index (κ3) is 4.98. The highest BCUT2D eigenvalue weighted by Crippen LogP contribution is 2.14. The van der Waals surface area contributed by atoms with E-state index in [4.69, 9.17) is 4.74 Å². The van der Waals surface area contributed by atoms with Crippen LogP contribution in [0.1, 0.15) is 5.56 Å². The van der Waals surface area contributed by atoms with Crippen LogP contribution in [0.2, 0.25) is 0 Å². The lowest BCUT2D eigenvalue weighted by molar-refractivity contribution is -0.118. The predicted octanol–water partition coefficient (Wildman–Crippen LogP) is 3.61. The summed E-state index contributed by atoms with van der Waals surface area (Å²) in [6.45, 7) is 6.34. The molecule has 2 aromatic rings. The van der Waals surface area contributed by atoms with Crippen molar-refractivity contribution in [1.29, 1.82) is 0 Å². The quantitative estimate of drug-likeness (QED) is 0.767. The van der Waals surface area contributed by atoms with E-state index < -0.39 is 0 Å². The standard InChI is InChI=1S/C18H20N2O2/c1-3-12-19-15-6-8-16(9-7-15)20-18(21)13-22-17-10-4-14(2)5-11-17/h3-11,19H,1,12-13H2,2H3,(H,20,21). The third-order valence-electron chi connectivity index (χ3n) is 3.01. The van der Waals surface area contributed by atoms with Crippen LogP contribution in [0.25, 0.3) is 0 Å². The molecule has 0 unspecified atom stereocenters. The molecule has 114 valence electrons. The highest BCUT2D eigenvalue weighted by Gasteiger charge is 2.03. The maximum atomic E-state index is 11.8. The van der Waals surface area contributed by atoms with E-state index in [1.54, 1.807) is 6.08 Å². The van der Waals surface area contributed by atoms with Gasteiger partial charge in [-0.3, -0.25) is 4.79 Å². The second-order valence-corrected chi connectivity index (χ2v) is 4.90. The maximum Gasteiger partial charge on any atom is 0.262 e. The molecule has 0 fully saturated rings. The van der Waals surface area contributed by atoms with E-state index in [0.29, 0.717) is 12.3 Å². The van der Waals surface area contributed by atoms with Crippen molar-refractivity contribution in [2.45, 2.75) is 6.92 Å². The Kier molecular flexibility index (Phi) is 5.60. The first kappa shape index (κ1) is 15.6. The number of ether oxygens (including phenoxy) is 1. The van der Waals surface area contributed by atoms with Crippen molar-refractivity contribution in [3.8, 4) is 5.75 Å². The summed E-state index contributed by atoms with van der Waals surface area (Å²) in [7, 11) is 0. The molecule has 0 aliphatic heterocycles. The number of nitrogens with one attached hydrogen (secondary N) is 2. The van der Waals surface area contributed by atoms with Crippen molar-refractivity contribution in [1.82, 2.24) is 0 Å². The van der Waals surface area contributed by atoms with Gasteiger partial charge in [0, 0.05) is 17.9 Å². The van der Waals surface area contributed by atoms with Gasteiger partial charge in [-0.1, -0.05) is 23.8 Å². The van der Waals surface area contributed by atoms with Gasteiger partial charge in [0.2, 0.25) is 0 Å². The average Bonchev–Trinajstić information content (AvgIpc) is 2.54. The molecule has 4 heteroatoms. The van der Waals surface area contributed by atoms with Crippen molar-refractivity contribution in [3.63, 3.8) is 0 Å². The first-order valence-corrected chi connectivity index (χ1v) is 7.11. The summed E-state index contributed by atoms with van der Waals surface area (Å²) in [5.41, 5.74) is 2.87. The molecule has 0 spiro atoms. The van der Waals surface area contributed by atoms with Crippen LogP contribution in [-0.2, 0) is 4.79 Å². The summed E-state index contributed by atoms with van der Waals surface area (Å²) < 4.78 is 5.44. The molecule has 0 atom stereocenters. The summed E-state index contributed by atoms with van der Waals surface area (Å²) in [4.78, 5) is 11.8. The Morgan fingerprint density at radius 1 is 1.09 bits per heavy atom. The number of carbonyl (C=O) groups excluding carboxylic acids is 1. The zero-order valence-corrected chi connectivity index (χ0v) is 12.6. The lowest BCUT2D eigenvalue weighted by atomic mass is 10.2. The molecule has 0 saturated carbocycles. The molecular weight excluding hydrogens is 276 g/mol. The molecule has 2 rings (SSSR count). The molecule has 4 nitrogen and oxygen atoms in total. The van der Waals surface area contributed by atoms with Crippen LogP contribution in [0.4, 0.5) is 11.4 Å². The van der Waals surface area contributed by atoms with Gasteiger partial charge >= 0.3 is 0 Å². The summed E-state index contributed by atoms with van der Waals surface area (Å²) >= 11 is 0. The Bertz CT molecular complexity index is 619. The average molecular weight is 296 g/mol. The molecule has 0 aliphatic carbocycles. The molecule has 0 aliphatic rings. The molecule has 0 saturated heterocycles. The van der Waals surface area contributed by atoms with Crippen molar-refractivity contribution >= 4 is 17.3 Å². The molecule has 0 aromatic heterocycles. The Morgan fingerprint density at radius 2 is 1.73 bits per heavy atom. The van der Waals surface area contributed by atoms with Gasteiger partial charge in [-0.05, 0) is 43.3 Å². The molecule has 2 N–H and O–H groups in total. The Hall–Kier alpha value is -2.75. The summed E-state index contributed by atoms with van der Waals surface area (Å²) in [5.74, 6) is 0.497. The number of amides is 1. The number of carbonyl (C=O) groups is 1. The molecule has 1 amide bonds. The first-order valence-electron chi connectivity index (χ1n) is 7.11. The zero-order chi connectivity index (χ0) is 15.8. The van der Waals surface area contributed by atoms with E-state index in [0.717, 1.165) is 16.9 Å². The molecule has 2 aromatic carbocycles. The fourth-order valence-electron chi connectivity index (χ4n) is 1.84. The zero-order valence-electron chi connectivity index (χ0n) is 12.6. The monoisotopic (exact) mass is 296 g/mol. The molecule has 0 heterocycles. The lowest BCUT2D eigenvalue weighted by Gasteiger charge is -2.09. The van der Waals surface area contributed by atoms with Crippen molar-refractivity contribution in [2.75, 3.05) is 23.8 Å². The van der Waals surface area contributed by atoms with Crippen LogP contribution in [0.3, 0.4) is 0 Å². The van der Waals surface area contributed by atoms with E-state index in [9.17, 15) is 4.79 Å². The van der Waals surface area contributed by atoms with Crippen LogP contribution >= 0.6 is 0 Å². The smallest absolute Gasteiger partial charge is 0.262 e. The molecule has 0 bridgehead atoms. The van der Waals surface area contributed by atoms with Gasteiger partial charge in [-0.15, -0.1) is 6.58 Å². The molecular formula is C18H20N2O2. The van der Waals surface area contributed by atoms with Crippen LogP contribution in [0.5, 0.6) is 5.75 Å². The second kappa shape index (κ2) is 7.88. The van der Waals surface area contributed by atoms with Crippen LogP contribution in [0, 0.1) is 6.92 Å². The van der Waals surface area contributed by atoms with E-state index in [1.165, 1.54) is 0 Å². The van der Waals surface area contributed by atoms with Gasteiger partial charge in [-0.2, -0.15) is 0 Å². The SMILES string of the molecule is C=CCNc1ccc(NC(=O)COc2ccc(C)cc2)cc1. The van der Waals surface area contributed by atoms with Crippen LogP contribution in [0.15, 0.2) is 61.2 Å². The minimum Gasteiger partial charge on any atom is -0.484 e. The van der Waals surface area contributed by atoms with Crippen molar-refractivity contribution in [3.05, 3.63) is 66.7 Å². The molecule has 0 radical (unpaired) electrons. The largest absolute Gasteiger partial charge is 0.484 e. The van der Waals surface area contributed by atoms with E-state index in [-0.39, 0.29) is 12.5 Å². The fourth-order valence-corrected chi connectivity index (χ4v) is 1.84. The van der Waals surface area contributed by atoms with Gasteiger partial charge in [0.15, 0.2) is 6.61 Å².